The Hall–Kier alpha value is -3.19. The fourth-order valence-electron chi connectivity index (χ4n) is 3.48. The number of nitrogens with one attached hydrogen (secondary N) is 1. The molecule has 2 aromatic carbocycles. The van der Waals surface area contributed by atoms with E-state index in [1.165, 1.54) is 12.1 Å². The summed E-state index contributed by atoms with van der Waals surface area (Å²) >= 11 is 1.56. The normalized spacial score (nSPS) is 14.1. The zero-order chi connectivity index (χ0) is 20.9. The predicted molar refractivity (Wildman–Crippen MR) is 117 cm³/mol. The summed E-state index contributed by atoms with van der Waals surface area (Å²) in [6.07, 6.45) is 1.20. The second kappa shape index (κ2) is 9.09. The van der Waals surface area contributed by atoms with Crippen molar-refractivity contribution in [2.45, 2.75) is 19.4 Å². The van der Waals surface area contributed by atoms with Gasteiger partial charge in [-0.1, -0.05) is 18.2 Å². The highest BCUT2D eigenvalue weighted by Crippen LogP contribution is 2.23. The predicted octanol–water partition coefficient (Wildman–Crippen LogP) is 4.90. The first kappa shape index (κ1) is 20.1. The summed E-state index contributed by atoms with van der Waals surface area (Å²) in [5.74, 6) is -0.349. The van der Waals surface area contributed by atoms with Gasteiger partial charge in [-0.3, -0.25) is 9.69 Å². The SMILES string of the molecule is O=C(Cc1cccs1)Nc1ccc(N2CCCN(Cc3ccc(F)cc3)C2=O)cc1. The number of halogens is 1. The molecule has 1 aromatic heterocycles. The fourth-order valence-corrected chi connectivity index (χ4v) is 4.18. The molecule has 0 aliphatic carbocycles. The standard InChI is InChI=1S/C23H22FN3O2S/c24-18-6-4-17(5-7-18)16-26-12-2-13-27(23(26)29)20-10-8-19(9-11-20)25-22(28)15-21-3-1-14-30-21/h1,3-11,14H,2,12-13,15-16H2,(H,25,28). The van der Waals surface area contributed by atoms with Crippen molar-refractivity contribution in [3.05, 3.63) is 82.3 Å². The summed E-state index contributed by atoms with van der Waals surface area (Å²) in [7, 11) is 0. The molecular weight excluding hydrogens is 401 g/mol. The van der Waals surface area contributed by atoms with Gasteiger partial charge >= 0.3 is 6.03 Å². The molecule has 4 rings (SSSR count). The van der Waals surface area contributed by atoms with Gasteiger partial charge in [-0.2, -0.15) is 0 Å². The summed E-state index contributed by atoms with van der Waals surface area (Å²) in [5, 5.41) is 4.84. The summed E-state index contributed by atoms with van der Waals surface area (Å²) in [6.45, 7) is 1.76. The minimum atomic E-state index is -0.284. The van der Waals surface area contributed by atoms with Crippen LogP contribution in [-0.2, 0) is 17.8 Å². The summed E-state index contributed by atoms with van der Waals surface area (Å²) in [6, 6.07) is 17.3. The number of hydrogen-bond donors (Lipinski definition) is 1. The molecule has 1 saturated heterocycles. The molecular formula is C23H22FN3O2S. The Labute approximate surface area is 178 Å². The smallest absolute Gasteiger partial charge is 0.324 e. The van der Waals surface area contributed by atoms with Gasteiger partial charge in [0.1, 0.15) is 5.82 Å². The molecule has 154 valence electrons. The third-order valence-corrected chi connectivity index (χ3v) is 5.85. The van der Waals surface area contributed by atoms with E-state index in [-0.39, 0.29) is 17.8 Å². The van der Waals surface area contributed by atoms with Gasteiger partial charge in [-0.25, -0.2) is 9.18 Å². The van der Waals surface area contributed by atoms with Gasteiger partial charge in [0.2, 0.25) is 5.91 Å². The molecule has 2 heterocycles. The maximum atomic E-state index is 13.1. The van der Waals surface area contributed by atoms with E-state index in [0.717, 1.165) is 22.5 Å². The lowest BCUT2D eigenvalue weighted by molar-refractivity contribution is -0.115. The number of urea groups is 1. The molecule has 1 fully saturated rings. The van der Waals surface area contributed by atoms with Crippen LogP contribution in [0.3, 0.4) is 0 Å². The van der Waals surface area contributed by atoms with Crippen LogP contribution in [0.25, 0.3) is 0 Å². The first-order valence-corrected chi connectivity index (χ1v) is 10.7. The van der Waals surface area contributed by atoms with E-state index in [0.29, 0.717) is 31.7 Å². The Morgan fingerprint density at radius 1 is 1.03 bits per heavy atom. The average Bonchev–Trinajstić information content (AvgIpc) is 3.25. The van der Waals surface area contributed by atoms with Crippen LogP contribution < -0.4 is 10.2 Å². The van der Waals surface area contributed by atoms with E-state index in [4.69, 9.17) is 0 Å². The van der Waals surface area contributed by atoms with Crippen LogP contribution in [-0.4, -0.2) is 29.9 Å². The van der Waals surface area contributed by atoms with Crippen molar-refractivity contribution in [3.63, 3.8) is 0 Å². The molecule has 1 aliphatic rings. The Kier molecular flexibility index (Phi) is 6.09. The van der Waals surface area contributed by atoms with Crippen molar-refractivity contribution >= 4 is 34.6 Å². The number of rotatable bonds is 6. The molecule has 0 saturated carbocycles. The van der Waals surface area contributed by atoms with Crippen LogP contribution in [0.1, 0.15) is 16.9 Å². The lowest BCUT2D eigenvalue weighted by atomic mass is 10.1. The minimum Gasteiger partial charge on any atom is -0.326 e. The molecule has 30 heavy (non-hydrogen) atoms. The first-order chi connectivity index (χ1) is 14.6. The van der Waals surface area contributed by atoms with E-state index in [2.05, 4.69) is 5.32 Å². The third-order valence-electron chi connectivity index (χ3n) is 4.98. The van der Waals surface area contributed by atoms with Gasteiger partial charge in [0, 0.05) is 35.9 Å². The van der Waals surface area contributed by atoms with Crippen molar-refractivity contribution in [2.75, 3.05) is 23.3 Å². The topological polar surface area (TPSA) is 52.7 Å². The van der Waals surface area contributed by atoms with Crippen LogP contribution in [0.4, 0.5) is 20.6 Å². The number of amides is 3. The number of anilines is 2. The number of carbonyl (C=O) groups excluding carboxylic acids is 2. The molecule has 0 atom stereocenters. The van der Waals surface area contributed by atoms with Crippen molar-refractivity contribution in [1.82, 2.24) is 4.90 Å². The fraction of sp³-hybridized carbons (Fsp3) is 0.217. The Balaban J connectivity index is 1.38. The number of benzene rings is 2. The lowest BCUT2D eigenvalue weighted by Crippen LogP contribution is -2.49. The molecule has 3 amide bonds. The molecule has 1 aliphatic heterocycles. The van der Waals surface area contributed by atoms with E-state index in [1.807, 2.05) is 41.8 Å². The van der Waals surface area contributed by atoms with Crippen molar-refractivity contribution in [3.8, 4) is 0 Å². The highest BCUT2D eigenvalue weighted by atomic mass is 32.1. The van der Waals surface area contributed by atoms with E-state index in [1.54, 1.807) is 33.3 Å². The Morgan fingerprint density at radius 2 is 1.80 bits per heavy atom. The van der Waals surface area contributed by atoms with E-state index in [9.17, 15) is 14.0 Å². The van der Waals surface area contributed by atoms with Gasteiger partial charge in [0.25, 0.3) is 0 Å². The molecule has 0 bridgehead atoms. The second-order valence-electron chi connectivity index (χ2n) is 7.19. The lowest BCUT2D eigenvalue weighted by Gasteiger charge is -2.35. The number of nitrogens with zero attached hydrogens (tertiary/aromatic N) is 2. The Morgan fingerprint density at radius 3 is 2.50 bits per heavy atom. The van der Waals surface area contributed by atoms with E-state index < -0.39 is 0 Å². The van der Waals surface area contributed by atoms with Crippen LogP contribution in [0.5, 0.6) is 0 Å². The minimum absolute atomic E-state index is 0.0651. The summed E-state index contributed by atoms with van der Waals surface area (Å²) < 4.78 is 13.1. The molecule has 7 heteroatoms. The van der Waals surface area contributed by atoms with Crippen molar-refractivity contribution < 1.29 is 14.0 Å². The molecule has 5 nitrogen and oxygen atoms in total. The molecule has 0 unspecified atom stereocenters. The van der Waals surface area contributed by atoms with Crippen LogP contribution >= 0.6 is 11.3 Å². The summed E-state index contributed by atoms with van der Waals surface area (Å²) in [4.78, 5) is 29.6. The monoisotopic (exact) mass is 423 g/mol. The van der Waals surface area contributed by atoms with Crippen molar-refractivity contribution in [1.29, 1.82) is 0 Å². The first-order valence-electron chi connectivity index (χ1n) is 9.82. The summed E-state index contributed by atoms with van der Waals surface area (Å²) in [5.41, 5.74) is 2.39. The molecule has 0 radical (unpaired) electrons. The third kappa shape index (κ3) is 4.86. The molecule has 0 spiro atoms. The van der Waals surface area contributed by atoms with Gasteiger partial charge < -0.3 is 10.2 Å². The van der Waals surface area contributed by atoms with Crippen LogP contribution in [0, 0.1) is 5.82 Å². The number of thiophene rings is 1. The second-order valence-corrected chi connectivity index (χ2v) is 8.22. The van der Waals surface area contributed by atoms with Gasteiger partial charge in [0.15, 0.2) is 0 Å². The number of hydrogen-bond acceptors (Lipinski definition) is 3. The van der Waals surface area contributed by atoms with Gasteiger partial charge in [-0.05, 0) is 59.8 Å². The Bertz CT molecular complexity index is 1000. The van der Waals surface area contributed by atoms with Crippen LogP contribution in [0.15, 0.2) is 66.0 Å². The largest absolute Gasteiger partial charge is 0.326 e. The van der Waals surface area contributed by atoms with Crippen LogP contribution in [0.2, 0.25) is 0 Å². The highest BCUT2D eigenvalue weighted by molar-refractivity contribution is 7.10. The van der Waals surface area contributed by atoms with Gasteiger partial charge in [-0.15, -0.1) is 11.3 Å². The van der Waals surface area contributed by atoms with E-state index >= 15 is 0 Å². The average molecular weight is 424 g/mol. The molecule has 1 N–H and O–H groups in total. The van der Waals surface area contributed by atoms with Crippen molar-refractivity contribution in [2.24, 2.45) is 0 Å². The zero-order valence-corrected chi connectivity index (χ0v) is 17.2. The molecule has 3 aromatic rings. The maximum Gasteiger partial charge on any atom is 0.324 e. The quantitative estimate of drug-likeness (QED) is 0.613. The number of carbonyl (C=O) groups is 2. The maximum absolute atomic E-state index is 13.1. The van der Waals surface area contributed by atoms with Gasteiger partial charge in [0.05, 0.1) is 6.42 Å². The highest BCUT2D eigenvalue weighted by Gasteiger charge is 2.26. The zero-order valence-electron chi connectivity index (χ0n) is 16.4.